The van der Waals surface area contributed by atoms with Crippen molar-refractivity contribution in [1.29, 1.82) is 0 Å². The molecule has 0 fully saturated rings. The van der Waals surface area contributed by atoms with E-state index in [4.69, 9.17) is 14.2 Å². The van der Waals surface area contributed by atoms with E-state index in [1.54, 1.807) is 14.2 Å². The van der Waals surface area contributed by atoms with Gasteiger partial charge >= 0.3 is 0 Å². The Balaban J connectivity index is 0.00000400. The molecule has 0 saturated heterocycles. The monoisotopic (exact) mass is 592 g/mol. The van der Waals surface area contributed by atoms with Crippen molar-refractivity contribution in [3.8, 4) is 11.5 Å². The molecule has 0 aliphatic rings. The summed E-state index contributed by atoms with van der Waals surface area (Å²) in [6.07, 6.45) is 5.43. The van der Waals surface area contributed by atoms with Gasteiger partial charge in [0.15, 0.2) is 11.5 Å². The number of halogens is 1. The number of unbranched alkanes of at least 4 members (excludes halogenated alkanes) is 2. The predicted molar refractivity (Wildman–Crippen MR) is 158 cm³/mol. The van der Waals surface area contributed by atoms with E-state index in [0.717, 1.165) is 43.5 Å². The second-order valence-electron chi connectivity index (χ2n) is 9.15. The third kappa shape index (κ3) is 7.47. The van der Waals surface area contributed by atoms with Gasteiger partial charge in [-0.25, -0.2) is 0 Å². The first-order chi connectivity index (χ1) is 18.3. The summed E-state index contributed by atoms with van der Waals surface area (Å²) in [5.74, 6) is 1.52. The van der Waals surface area contributed by atoms with Gasteiger partial charge in [0.1, 0.15) is 23.2 Å². The third-order valence-corrected chi connectivity index (χ3v) is 11.4. The van der Waals surface area contributed by atoms with Crippen LogP contribution in [0.3, 0.4) is 0 Å². The number of hydrogen-bond donors (Lipinski definition) is 0. The predicted octanol–water partition coefficient (Wildman–Crippen LogP) is 3.43. The maximum absolute atomic E-state index is 5.99. The fourth-order valence-corrected chi connectivity index (χ4v) is 9.35. The largest absolute Gasteiger partial charge is 1.00 e. The van der Waals surface area contributed by atoms with E-state index in [1.807, 2.05) is 12.1 Å². The van der Waals surface area contributed by atoms with Crippen LogP contribution in [0.15, 0.2) is 109 Å². The smallest absolute Gasteiger partial charge is 0.160 e. The first-order valence-corrected chi connectivity index (χ1v) is 15.1. The zero-order valence-corrected chi connectivity index (χ0v) is 24.9. The molecule has 0 unspecified atom stereocenters. The molecule has 3 nitrogen and oxygen atoms in total. The Hall–Kier alpha value is -2.65. The van der Waals surface area contributed by atoms with E-state index < -0.39 is 7.26 Å². The highest BCUT2D eigenvalue weighted by atomic mass is 79.9. The fraction of sp³-hybridized carbons (Fsp3) is 0.273. The summed E-state index contributed by atoms with van der Waals surface area (Å²) in [5, 5.41) is 4.37. The molecule has 0 saturated carbocycles. The lowest BCUT2D eigenvalue weighted by atomic mass is 10.1. The Morgan fingerprint density at radius 2 is 1.08 bits per heavy atom. The van der Waals surface area contributed by atoms with Crippen LogP contribution < -0.4 is 42.4 Å². The standard InChI is InChI=1S/C33H38O3P.BrH/c1-34-32-22-21-28(27-33(32)35-2)23-25-36-24-13-6-14-26-37(29-15-7-3-8-16-29,30-17-9-4-10-18-30)31-19-11-5-12-20-31;/h3-5,7-12,15-22,27H,6,13-14,23-26H2,1-2H3;1H/q+1;/p-1. The van der Waals surface area contributed by atoms with Gasteiger partial charge in [-0.3, -0.25) is 0 Å². The summed E-state index contributed by atoms with van der Waals surface area (Å²) in [5.41, 5.74) is 1.20. The third-order valence-electron chi connectivity index (χ3n) is 6.86. The molecule has 5 heteroatoms. The van der Waals surface area contributed by atoms with E-state index in [0.29, 0.717) is 6.61 Å². The summed E-state index contributed by atoms with van der Waals surface area (Å²) in [7, 11) is 1.60. The maximum atomic E-state index is 5.99. The van der Waals surface area contributed by atoms with E-state index in [-0.39, 0.29) is 17.0 Å². The summed E-state index contributed by atoms with van der Waals surface area (Å²) in [6.45, 7) is 1.51. The molecule has 0 aromatic heterocycles. The Kier molecular flexibility index (Phi) is 12.3. The van der Waals surface area contributed by atoms with Gasteiger partial charge in [-0.1, -0.05) is 60.7 Å². The van der Waals surface area contributed by atoms with Crippen LogP contribution >= 0.6 is 7.26 Å². The molecule has 0 aliphatic carbocycles. The van der Waals surface area contributed by atoms with Crippen LogP contribution in [0.2, 0.25) is 0 Å². The highest BCUT2D eigenvalue weighted by Crippen LogP contribution is 2.55. The van der Waals surface area contributed by atoms with Gasteiger partial charge in [0, 0.05) is 6.61 Å². The van der Waals surface area contributed by atoms with Crippen LogP contribution in [0.1, 0.15) is 24.8 Å². The molecule has 0 atom stereocenters. The molecule has 200 valence electrons. The van der Waals surface area contributed by atoms with Crippen LogP contribution in [0.4, 0.5) is 0 Å². The summed E-state index contributed by atoms with van der Waals surface area (Å²) in [6, 6.07) is 39.5. The van der Waals surface area contributed by atoms with Crippen molar-refractivity contribution in [3.05, 3.63) is 115 Å². The van der Waals surface area contributed by atoms with Crippen LogP contribution in [-0.2, 0) is 11.2 Å². The van der Waals surface area contributed by atoms with E-state index in [2.05, 4.69) is 97.1 Å². The average molecular weight is 594 g/mol. The minimum atomic E-state index is -1.73. The molecule has 4 aromatic carbocycles. The number of rotatable bonds is 14. The Labute approximate surface area is 239 Å². The van der Waals surface area contributed by atoms with Crippen molar-refractivity contribution in [1.82, 2.24) is 0 Å². The molecular formula is C33H38BrO3P. The molecule has 38 heavy (non-hydrogen) atoms. The highest BCUT2D eigenvalue weighted by molar-refractivity contribution is 7.95. The van der Waals surface area contributed by atoms with Crippen molar-refractivity contribution in [2.24, 2.45) is 0 Å². The van der Waals surface area contributed by atoms with Gasteiger partial charge in [0.25, 0.3) is 0 Å². The Bertz CT molecular complexity index is 1110. The van der Waals surface area contributed by atoms with Gasteiger partial charge < -0.3 is 31.2 Å². The molecular weight excluding hydrogens is 555 g/mol. The molecule has 0 spiro atoms. The maximum Gasteiger partial charge on any atom is 0.160 e. The quantitative estimate of drug-likeness (QED) is 0.166. The minimum absolute atomic E-state index is 0. The topological polar surface area (TPSA) is 27.7 Å². The lowest BCUT2D eigenvalue weighted by Crippen LogP contribution is -3.00. The van der Waals surface area contributed by atoms with E-state index >= 15 is 0 Å². The number of ether oxygens (including phenoxy) is 3. The molecule has 4 rings (SSSR count). The zero-order chi connectivity index (χ0) is 25.8. The molecule has 0 radical (unpaired) electrons. The molecule has 0 amide bonds. The molecule has 0 N–H and O–H groups in total. The van der Waals surface area contributed by atoms with Crippen molar-refractivity contribution in [3.63, 3.8) is 0 Å². The highest BCUT2D eigenvalue weighted by Gasteiger charge is 2.44. The summed E-state index contributed by atoms with van der Waals surface area (Å²) in [4.78, 5) is 0. The number of benzene rings is 4. The first kappa shape index (κ1) is 29.9. The first-order valence-electron chi connectivity index (χ1n) is 13.1. The van der Waals surface area contributed by atoms with Gasteiger partial charge in [-0.05, 0) is 79.8 Å². The van der Waals surface area contributed by atoms with Crippen LogP contribution in [0.5, 0.6) is 11.5 Å². The fourth-order valence-electron chi connectivity index (χ4n) is 4.94. The average Bonchev–Trinajstić information content (AvgIpc) is 2.98. The SMILES string of the molecule is COc1ccc(CCOCCCCC[P+](c2ccccc2)(c2ccccc2)c2ccccc2)cc1OC.[Br-]. The number of methoxy groups -OCH3 is 2. The number of hydrogen-bond acceptors (Lipinski definition) is 3. The lowest BCUT2D eigenvalue weighted by molar-refractivity contribution is -0.00000867. The van der Waals surface area contributed by atoms with Gasteiger partial charge in [-0.2, -0.15) is 0 Å². The summed E-state index contributed by atoms with van der Waals surface area (Å²) < 4.78 is 16.7. The minimum Gasteiger partial charge on any atom is -1.00 e. The van der Waals surface area contributed by atoms with Crippen LogP contribution in [0, 0.1) is 0 Å². The normalized spacial score (nSPS) is 11.0. The molecule has 0 bridgehead atoms. The summed E-state index contributed by atoms with van der Waals surface area (Å²) >= 11 is 0. The Morgan fingerprint density at radius 3 is 1.58 bits per heavy atom. The second kappa shape index (κ2) is 15.7. The second-order valence-corrected chi connectivity index (χ2v) is 12.8. The van der Waals surface area contributed by atoms with Gasteiger partial charge in [0.05, 0.1) is 27.0 Å². The van der Waals surface area contributed by atoms with Crippen LogP contribution in [-0.4, -0.2) is 33.6 Å². The van der Waals surface area contributed by atoms with Crippen molar-refractivity contribution >= 4 is 23.2 Å². The van der Waals surface area contributed by atoms with Crippen LogP contribution in [0.25, 0.3) is 0 Å². The van der Waals surface area contributed by atoms with Crippen molar-refractivity contribution in [2.75, 3.05) is 33.6 Å². The van der Waals surface area contributed by atoms with E-state index in [1.165, 1.54) is 27.9 Å². The van der Waals surface area contributed by atoms with Crippen molar-refractivity contribution in [2.45, 2.75) is 25.7 Å². The Morgan fingerprint density at radius 1 is 0.553 bits per heavy atom. The lowest BCUT2D eigenvalue weighted by Gasteiger charge is -2.27. The zero-order valence-electron chi connectivity index (χ0n) is 22.4. The molecule has 0 aliphatic heterocycles. The van der Waals surface area contributed by atoms with Gasteiger partial charge in [-0.15, -0.1) is 0 Å². The van der Waals surface area contributed by atoms with E-state index in [9.17, 15) is 0 Å². The van der Waals surface area contributed by atoms with Crippen molar-refractivity contribution < 1.29 is 31.2 Å². The molecule has 4 aromatic rings. The molecule has 0 heterocycles. The van der Waals surface area contributed by atoms with Gasteiger partial charge in [0.2, 0.25) is 0 Å².